The van der Waals surface area contributed by atoms with Crippen LogP contribution in [0.15, 0.2) is 27.4 Å². The molecule has 4 heteroatoms. The van der Waals surface area contributed by atoms with Gasteiger partial charge in [0.2, 0.25) is 0 Å². The van der Waals surface area contributed by atoms with Crippen molar-refractivity contribution in [1.82, 2.24) is 4.90 Å². The smallest absolute Gasteiger partial charge is 0.336 e. The Balaban J connectivity index is 2.01. The van der Waals surface area contributed by atoms with E-state index in [1.54, 1.807) is 6.07 Å². The Morgan fingerprint density at radius 2 is 2.09 bits per heavy atom. The van der Waals surface area contributed by atoms with Crippen LogP contribution in [0.3, 0.4) is 0 Å². The molecule has 0 saturated carbocycles. The van der Waals surface area contributed by atoms with Crippen molar-refractivity contribution in [2.75, 3.05) is 13.1 Å². The molecule has 1 fully saturated rings. The second kappa shape index (κ2) is 5.52. The largest absolute Gasteiger partial charge is 0.422 e. The van der Waals surface area contributed by atoms with E-state index < -0.39 is 5.60 Å². The first kappa shape index (κ1) is 15.3. The van der Waals surface area contributed by atoms with E-state index in [1.807, 2.05) is 26.8 Å². The maximum Gasteiger partial charge on any atom is 0.336 e. The molecule has 1 aliphatic rings. The molecule has 22 heavy (non-hydrogen) atoms. The molecule has 0 bridgehead atoms. The fourth-order valence-electron chi connectivity index (χ4n) is 3.51. The number of rotatable bonds is 2. The molecule has 1 saturated heterocycles. The molecule has 2 heterocycles. The van der Waals surface area contributed by atoms with Crippen LogP contribution in [0.5, 0.6) is 0 Å². The lowest BCUT2D eigenvalue weighted by atomic mass is 9.94. The summed E-state index contributed by atoms with van der Waals surface area (Å²) in [6, 6.07) is 5.69. The molecule has 1 unspecified atom stereocenters. The first-order valence-electron chi connectivity index (χ1n) is 7.83. The van der Waals surface area contributed by atoms with Gasteiger partial charge >= 0.3 is 5.63 Å². The van der Waals surface area contributed by atoms with Crippen LogP contribution < -0.4 is 5.63 Å². The van der Waals surface area contributed by atoms with E-state index in [9.17, 15) is 9.90 Å². The summed E-state index contributed by atoms with van der Waals surface area (Å²) in [5.74, 6) is 0. The molecule has 0 aliphatic carbocycles. The van der Waals surface area contributed by atoms with E-state index in [4.69, 9.17) is 4.42 Å². The third kappa shape index (κ3) is 3.08. The highest BCUT2D eigenvalue weighted by Gasteiger charge is 2.28. The Labute approximate surface area is 130 Å². The number of hydrogen-bond acceptors (Lipinski definition) is 4. The number of aliphatic hydroxyl groups is 1. The van der Waals surface area contributed by atoms with Gasteiger partial charge in [-0.15, -0.1) is 0 Å². The minimum absolute atomic E-state index is 0.307. The molecular weight excluding hydrogens is 278 g/mol. The van der Waals surface area contributed by atoms with Gasteiger partial charge in [0, 0.05) is 24.5 Å². The molecular formula is C18H23NO3. The zero-order valence-corrected chi connectivity index (χ0v) is 13.5. The van der Waals surface area contributed by atoms with Crippen LogP contribution in [0.2, 0.25) is 0 Å². The average molecular weight is 301 g/mol. The SMILES string of the molecule is Cc1cc(C)c2oc(=O)cc(CN3CCCC(C)(O)C3)c2c1. The van der Waals surface area contributed by atoms with Crippen molar-refractivity contribution in [3.63, 3.8) is 0 Å². The van der Waals surface area contributed by atoms with Crippen molar-refractivity contribution in [2.45, 2.75) is 45.8 Å². The minimum Gasteiger partial charge on any atom is -0.422 e. The molecule has 1 aliphatic heterocycles. The van der Waals surface area contributed by atoms with Gasteiger partial charge in [0.1, 0.15) is 5.58 Å². The van der Waals surface area contributed by atoms with E-state index in [2.05, 4.69) is 11.0 Å². The lowest BCUT2D eigenvalue weighted by Gasteiger charge is -2.36. The highest BCUT2D eigenvalue weighted by molar-refractivity contribution is 5.83. The number of likely N-dealkylation sites (tertiary alicyclic amines) is 1. The van der Waals surface area contributed by atoms with Gasteiger partial charge < -0.3 is 9.52 Å². The summed E-state index contributed by atoms with van der Waals surface area (Å²) in [6.45, 7) is 8.15. The van der Waals surface area contributed by atoms with Gasteiger partial charge in [-0.1, -0.05) is 6.07 Å². The first-order valence-corrected chi connectivity index (χ1v) is 7.83. The number of benzene rings is 1. The standard InChI is InChI=1S/C18H23NO3/c1-12-7-13(2)17-15(8-12)14(9-16(20)22-17)10-19-6-4-5-18(3,21)11-19/h7-9,21H,4-6,10-11H2,1-3H3. The topological polar surface area (TPSA) is 53.7 Å². The number of aryl methyl sites for hydroxylation is 2. The average Bonchev–Trinajstić information content (AvgIpc) is 2.39. The Bertz CT molecular complexity index is 761. The van der Waals surface area contributed by atoms with E-state index in [1.165, 1.54) is 0 Å². The van der Waals surface area contributed by atoms with Crippen LogP contribution in [0.1, 0.15) is 36.5 Å². The maximum atomic E-state index is 11.9. The minimum atomic E-state index is -0.640. The summed E-state index contributed by atoms with van der Waals surface area (Å²) in [5, 5.41) is 11.3. The van der Waals surface area contributed by atoms with Crippen molar-refractivity contribution in [2.24, 2.45) is 0 Å². The van der Waals surface area contributed by atoms with Crippen LogP contribution >= 0.6 is 0 Å². The fourth-order valence-corrected chi connectivity index (χ4v) is 3.51. The number of nitrogens with zero attached hydrogens (tertiary/aromatic N) is 1. The lowest BCUT2D eigenvalue weighted by molar-refractivity contribution is -0.0180. The predicted molar refractivity (Wildman–Crippen MR) is 87.1 cm³/mol. The van der Waals surface area contributed by atoms with Crippen LogP contribution in [0, 0.1) is 13.8 Å². The highest BCUT2D eigenvalue weighted by atomic mass is 16.4. The van der Waals surface area contributed by atoms with Crippen molar-refractivity contribution < 1.29 is 9.52 Å². The summed E-state index contributed by atoms with van der Waals surface area (Å²) in [7, 11) is 0. The number of β-amino-alcohol motifs (C(OH)–C–C–N with tert-alkyl or cyclic N) is 1. The van der Waals surface area contributed by atoms with Crippen LogP contribution in [0.4, 0.5) is 0 Å². The van der Waals surface area contributed by atoms with Crippen molar-refractivity contribution in [3.05, 3.63) is 45.3 Å². The van der Waals surface area contributed by atoms with E-state index in [-0.39, 0.29) is 5.63 Å². The molecule has 1 aromatic carbocycles. The van der Waals surface area contributed by atoms with Crippen molar-refractivity contribution in [3.8, 4) is 0 Å². The Hall–Kier alpha value is -1.65. The fraction of sp³-hybridized carbons (Fsp3) is 0.500. The molecule has 3 rings (SSSR count). The molecule has 0 amide bonds. The van der Waals surface area contributed by atoms with Crippen molar-refractivity contribution in [1.29, 1.82) is 0 Å². The molecule has 1 aromatic heterocycles. The number of fused-ring (bicyclic) bond motifs is 1. The summed E-state index contributed by atoms with van der Waals surface area (Å²) in [4.78, 5) is 14.1. The zero-order valence-electron chi connectivity index (χ0n) is 13.5. The molecule has 0 spiro atoms. The van der Waals surface area contributed by atoms with Gasteiger partial charge in [0.05, 0.1) is 5.60 Å². The number of hydrogen-bond donors (Lipinski definition) is 1. The third-order valence-electron chi connectivity index (χ3n) is 4.41. The summed E-state index contributed by atoms with van der Waals surface area (Å²) in [5.41, 5.74) is 2.86. The predicted octanol–water partition coefficient (Wildman–Crippen LogP) is 2.76. The molecule has 0 radical (unpaired) electrons. The molecule has 1 atom stereocenters. The third-order valence-corrected chi connectivity index (χ3v) is 4.41. The van der Waals surface area contributed by atoms with Gasteiger partial charge in [-0.2, -0.15) is 0 Å². The maximum absolute atomic E-state index is 11.9. The van der Waals surface area contributed by atoms with E-state index in [0.717, 1.165) is 41.5 Å². The number of piperidine rings is 1. The quantitative estimate of drug-likeness (QED) is 0.867. The van der Waals surface area contributed by atoms with E-state index in [0.29, 0.717) is 18.7 Å². The summed E-state index contributed by atoms with van der Waals surface area (Å²) in [6.07, 6.45) is 1.81. The molecule has 4 nitrogen and oxygen atoms in total. The molecule has 1 N–H and O–H groups in total. The summed E-state index contributed by atoms with van der Waals surface area (Å²) >= 11 is 0. The monoisotopic (exact) mass is 301 g/mol. The lowest BCUT2D eigenvalue weighted by Crippen LogP contribution is -2.45. The zero-order chi connectivity index (χ0) is 15.9. The Morgan fingerprint density at radius 1 is 1.32 bits per heavy atom. The second-order valence-corrected chi connectivity index (χ2v) is 6.86. The van der Waals surface area contributed by atoms with Crippen LogP contribution in [-0.2, 0) is 6.54 Å². The Morgan fingerprint density at radius 3 is 2.82 bits per heavy atom. The Kier molecular flexibility index (Phi) is 3.83. The van der Waals surface area contributed by atoms with E-state index >= 15 is 0 Å². The van der Waals surface area contributed by atoms with Gasteiger partial charge in [-0.25, -0.2) is 4.79 Å². The van der Waals surface area contributed by atoms with Crippen LogP contribution in [0.25, 0.3) is 11.0 Å². The van der Waals surface area contributed by atoms with Crippen molar-refractivity contribution >= 4 is 11.0 Å². The van der Waals surface area contributed by atoms with Gasteiger partial charge in [0.25, 0.3) is 0 Å². The molecule has 2 aromatic rings. The highest BCUT2D eigenvalue weighted by Crippen LogP contribution is 2.26. The first-order chi connectivity index (χ1) is 10.3. The van der Waals surface area contributed by atoms with Gasteiger partial charge in [-0.3, -0.25) is 4.90 Å². The van der Waals surface area contributed by atoms with Crippen LogP contribution in [-0.4, -0.2) is 28.7 Å². The van der Waals surface area contributed by atoms with Gasteiger partial charge in [0.15, 0.2) is 0 Å². The second-order valence-electron chi connectivity index (χ2n) is 6.86. The normalized spacial score (nSPS) is 23.1. The summed E-state index contributed by atoms with van der Waals surface area (Å²) < 4.78 is 5.39. The van der Waals surface area contributed by atoms with Gasteiger partial charge in [-0.05, 0) is 62.9 Å². The molecule has 118 valence electrons.